The van der Waals surface area contributed by atoms with E-state index < -0.39 is 5.97 Å². The van der Waals surface area contributed by atoms with Gasteiger partial charge in [-0.1, -0.05) is 6.07 Å². The molecular weight excluding hydrogens is 440 g/mol. The first-order valence-corrected chi connectivity index (χ1v) is 11.0. The van der Waals surface area contributed by atoms with E-state index in [9.17, 15) is 14.4 Å². The van der Waals surface area contributed by atoms with Crippen molar-refractivity contribution >= 4 is 23.5 Å². The molecule has 0 saturated heterocycles. The van der Waals surface area contributed by atoms with Crippen LogP contribution in [-0.4, -0.2) is 44.2 Å². The van der Waals surface area contributed by atoms with Crippen molar-refractivity contribution in [3.8, 4) is 28.4 Å². The first-order chi connectivity index (χ1) is 16.3. The molecule has 0 unspecified atom stereocenters. The average molecular weight is 471 g/mol. The first kappa shape index (κ1) is 24.9. The zero-order valence-electron chi connectivity index (χ0n) is 19.8. The van der Waals surface area contributed by atoms with Gasteiger partial charge in [-0.3, -0.25) is 14.4 Å². The number of ether oxygens (including phenoxy) is 3. The Morgan fingerprint density at radius 1 is 1.03 bits per heavy atom. The summed E-state index contributed by atoms with van der Waals surface area (Å²) in [5, 5.41) is 14.6. The Morgan fingerprint density at radius 2 is 1.76 bits per heavy atom. The van der Waals surface area contributed by atoms with E-state index in [4.69, 9.17) is 19.3 Å². The van der Waals surface area contributed by atoms with Crippen molar-refractivity contribution in [3.05, 3.63) is 35.4 Å². The third-order valence-electron chi connectivity index (χ3n) is 5.77. The summed E-state index contributed by atoms with van der Waals surface area (Å²) in [5.41, 5.74) is 4.10. The van der Waals surface area contributed by atoms with Crippen LogP contribution in [0.4, 0.5) is 5.69 Å². The highest BCUT2D eigenvalue weighted by Crippen LogP contribution is 2.50. The number of carbonyl (C=O) groups is 3. The molecule has 2 aromatic carbocycles. The largest absolute Gasteiger partial charge is 0.493 e. The van der Waals surface area contributed by atoms with Crippen LogP contribution in [0.5, 0.6) is 17.2 Å². The molecule has 3 rings (SSSR count). The van der Waals surface area contributed by atoms with Gasteiger partial charge in [-0.05, 0) is 54.2 Å². The summed E-state index contributed by atoms with van der Waals surface area (Å²) in [6.45, 7) is 1.47. The summed E-state index contributed by atoms with van der Waals surface area (Å²) in [6.07, 6.45) is 1.58. The van der Waals surface area contributed by atoms with E-state index in [0.717, 1.165) is 22.3 Å². The third kappa shape index (κ3) is 5.41. The molecule has 0 saturated carbocycles. The maximum Gasteiger partial charge on any atom is 0.303 e. The number of nitrogens with one attached hydrogen (secondary N) is 2. The number of carboxylic acid groups (broad SMARTS) is 1. The lowest BCUT2D eigenvalue weighted by Gasteiger charge is -2.21. The standard InChI is InChI=1S/C25H30N2O7/c1-14(28)26-19-11-8-15-12-20(32-2)24(33-3)25(34-4)23(15)17-10-9-16(13-18(17)19)27-21(29)6-5-7-22(30)31/h9-10,12-13,19H,5-8,11H2,1-4H3,(H,26,28)(H,27,29)(H,30,31)/t19-/m0/s1. The molecular formula is C25H30N2O7. The number of benzene rings is 2. The Labute approximate surface area is 198 Å². The van der Waals surface area contributed by atoms with Crippen LogP contribution >= 0.6 is 0 Å². The molecule has 9 nitrogen and oxygen atoms in total. The van der Waals surface area contributed by atoms with Gasteiger partial charge in [-0.25, -0.2) is 0 Å². The molecule has 0 heterocycles. The minimum absolute atomic E-state index is 0.0654. The SMILES string of the molecule is COc1cc2c(c(OC)c1OC)-c1ccc(NC(=O)CCCC(=O)O)cc1[C@@H](NC(C)=O)CC2. The second-order valence-electron chi connectivity index (χ2n) is 8.07. The van der Waals surface area contributed by atoms with Crippen molar-refractivity contribution in [3.63, 3.8) is 0 Å². The van der Waals surface area contributed by atoms with E-state index in [2.05, 4.69) is 10.6 Å². The van der Waals surface area contributed by atoms with E-state index in [-0.39, 0.29) is 37.1 Å². The predicted octanol–water partition coefficient (Wildman–Crippen LogP) is 3.70. The van der Waals surface area contributed by atoms with E-state index in [0.29, 0.717) is 35.8 Å². The number of fused-ring (bicyclic) bond motifs is 3. The maximum absolute atomic E-state index is 12.3. The summed E-state index contributed by atoms with van der Waals surface area (Å²) in [6, 6.07) is 7.15. The van der Waals surface area contributed by atoms with Crippen molar-refractivity contribution < 1.29 is 33.7 Å². The van der Waals surface area contributed by atoms with Gasteiger partial charge in [0.15, 0.2) is 11.5 Å². The van der Waals surface area contributed by atoms with Gasteiger partial charge < -0.3 is 30.0 Å². The minimum atomic E-state index is -0.935. The molecule has 9 heteroatoms. The van der Waals surface area contributed by atoms with Gasteiger partial charge in [0, 0.05) is 31.0 Å². The van der Waals surface area contributed by atoms with Crippen molar-refractivity contribution in [1.29, 1.82) is 0 Å². The summed E-state index contributed by atoms with van der Waals surface area (Å²) in [7, 11) is 4.69. The van der Waals surface area contributed by atoms with Gasteiger partial charge in [0.2, 0.25) is 17.6 Å². The molecule has 2 aromatic rings. The Balaban J connectivity index is 2.07. The maximum atomic E-state index is 12.3. The molecule has 0 fully saturated rings. The molecule has 1 aliphatic rings. The van der Waals surface area contributed by atoms with Crippen LogP contribution in [0.1, 0.15) is 49.8 Å². The van der Waals surface area contributed by atoms with Crippen molar-refractivity contribution in [2.75, 3.05) is 26.6 Å². The lowest BCUT2D eigenvalue weighted by molar-refractivity contribution is -0.137. The Morgan fingerprint density at radius 3 is 2.38 bits per heavy atom. The lowest BCUT2D eigenvalue weighted by atomic mass is 9.93. The number of hydrogen-bond acceptors (Lipinski definition) is 6. The fourth-order valence-electron chi connectivity index (χ4n) is 4.33. The van der Waals surface area contributed by atoms with Gasteiger partial charge in [0.1, 0.15) is 0 Å². The van der Waals surface area contributed by atoms with Gasteiger partial charge in [0.05, 0.1) is 27.4 Å². The molecule has 2 amide bonds. The molecule has 182 valence electrons. The second-order valence-corrected chi connectivity index (χ2v) is 8.07. The Kier molecular flexibility index (Phi) is 7.99. The number of aliphatic carboxylic acids is 1. The number of rotatable bonds is 9. The summed E-state index contributed by atoms with van der Waals surface area (Å²) >= 11 is 0. The molecule has 34 heavy (non-hydrogen) atoms. The van der Waals surface area contributed by atoms with Crippen molar-refractivity contribution in [1.82, 2.24) is 5.32 Å². The average Bonchev–Trinajstić information content (AvgIpc) is 2.94. The van der Waals surface area contributed by atoms with Gasteiger partial charge in [-0.2, -0.15) is 0 Å². The molecule has 1 aliphatic carbocycles. The van der Waals surface area contributed by atoms with Crippen LogP contribution in [0.3, 0.4) is 0 Å². The van der Waals surface area contributed by atoms with E-state index in [1.165, 1.54) is 6.92 Å². The van der Waals surface area contributed by atoms with Crippen LogP contribution in [0.2, 0.25) is 0 Å². The van der Waals surface area contributed by atoms with Crippen LogP contribution in [0.15, 0.2) is 24.3 Å². The highest BCUT2D eigenvalue weighted by Gasteiger charge is 2.29. The zero-order valence-corrected chi connectivity index (χ0v) is 19.8. The number of carbonyl (C=O) groups excluding carboxylic acids is 2. The molecule has 0 aromatic heterocycles. The third-order valence-corrected chi connectivity index (χ3v) is 5.77. The topological polar surface area (TPSA) is 123 Å². The summed E-state index contributed by atoms with van der Waals surface area (Å²) in [4.78, 5) is 35.0. The van der Waals surface area contributed by atoms with Gasteiger partial charge in [0.25, 0.3) is 0 Å². The van der Waals surface area contributed by atoms with E-state index in [1.807, 2.05) is 18.2 Å². The number of aryl methyl sites for hydroxylation is 1. The normalized spacial score (nSPS) is 14.2. The molecule has 0 radical (unpaired) electrons. The molecule has 0 spiro atoms. The monoisotopic (exact) mass is 470 g/mol. The Hall–Kier alpha value is -3.75. The number of hydrogen-bond donors (Lipinski definition) is 3. The first-order valence-electron chi connectivity index (χ1n) is 11.0. The number of anilines is 1. The highest BCUT2D eigenvalue weighted by atomic mass is 16.5. The van der Waals surface area contributed by atoms with Gasteiger partial charge >= 0.3 is 5.97 Å². The number of methoxy groups -OCH3 is 3. The van der Waals surface area contributed by atoms with Crippen molar-refractivity contribution in [2.45, 2.75) is 45.1 Å². The molecule has 3 N–H and O–H groups in total. The second kappa shape index (κ2) is 10.9. The summed E-state index contributed by atoms with van der Waals surface area (Å²) in [5.74, 6) is 0.205. The fraction of sp³-hybridized carbons (Fsp3) is 0.400. The highest BCUT2D eigenvalue weighted by molar-refractivity contribution is 5.92. The van der Waals surface area contributed by atoms with Crippen LogP contribution in [-0.2, 0) is 20.8 Å². The van der Waals surface area contributed by atoms with E-state index >= 15 is 0 Å². The van der Waals surface area contributed by atoms with E-state index in [1.54, 1.807) is 27.4 Å². The predicted molar refractivity (Wildman–Crippen MR) is 127 cm³/mol. The Bertz CT molecular complexity index is 1100. The molecule has 0 bridgehead atoms. The van der Waals surface area contributed by atoms with Gasteiger partial charge in [-0.15, -0.1) is 0 Å². The number of amides is 2. The fourth-order valence-corrected chi connectivity index (χ4v) is 4.33. The van der Waals surface area contributed by atoms with Crippen LogP contribution in [0, 0.1) is 0 Å². The summed E-state index contributed by atoms with van der Waals surface area (Å²) < 4.78 is 16.9. The zero-order chi connectivity index (χ0) is 24.8. The lowest BCUT2D eigenvalue weighted by Crippen LogP contribution is -2.26. The molecule has 1 atom stereocenters. The van der Waals surface area contributed by atoms with Crippen LogP contribution in [0.25, 0.3) is 11.1 Å². The smallest absolute Gasteiger partial charge is 0.303 e. The number of carboxylic acids is 1. The minimum Gasteiger partial charge on any atom is -0.493 e. The quantitative estimate of drug-likeness (QED) is 0.511. The van der Waals surface area contributed by atoms with Crippen molar-refractivity contribution in [2.24, 2.45) is 0 Å². The molecule has 0 aliphatic heterocycles. The van der Waals surface area contributed by atoms with Crippen LogP contribution < -0.4 is 24.8 Å².